The van der Waals surface area contributed by atoms with Crippen molar-refractivity contribution in [1.82, 2.24) is 15.0 Å². The second-order valence-electron chi connectivity index (χ2n) is 9.53. The number of anilines is 6. The minimum absolute atomic E-state index is 0.240. The van der Waals surface area contributed by atoms with Gasteiger partial charge in [-0.3, -0.25) is 9.00 Å². The highest BCUT2D eigenvalue weighted by Gasteiger charge is 2.28. The number of aromatic nitrogens is 3. The summed E-state index contributed by atoms with van der Waals surface area (Å²) < 4.78 is 12.7. The van der Waals surface area contributed by atoms with Crippen molar-refractivity contribution in [2.24, 2.45) is 0 Å². The summed E-state index contributed by atoms with van der Waals surface area (Å²) in [7, 11) is -1.13. The predicted molar refractivity (Wildman–Crippen MR) is 159 cm³/mol. The van der Waals surface area contributed by atoms with Crippen LogP contribution in [0.1, 0.15) is 16.1 Å². The van der Waals surface area contributed by atoms with Gasteiger partial charge >= 0.3 is 0 Å². The fourth-order valence-electron chi connectivity index (χ4n) is 4.78. The summed E-state index contributed by atoms with van der Waals surface area (Å²) in [5.74, 6) is 1.90. The van der Waals surface area contributed by atoms with E-state index in [9.17, 15) is 9.00 Å². The van der Waals surface area contributed by atoms with E-state index in [1.807, 2.05) is 48.5 Å². The lowest BCUT2D eigenvalue weighted by Crippen LogP contribution is -2.47. The molecule has 6 rings (SSSR count). The highest BCUT2D eigenvalue weighted by molar-refractivity contribution is 7.85. The fraction of sp³-hybridized carbons (Fsp3) is 0.214. The van der Waals surface area contributed by atoms with Crippen LogP contribution in [0.3, 0.4) is 0 Å². The lowest BCUT2D eigenvalue weighted by atomic mass is 10.2. The third-order valence-corrected chi connectivity index (χ3v) is 8.56. The number of hydrogen-bond acceptors (Lipinski definition) is 9. The molecule has 1 saturated heterocycles. The molecule has 10 nitrogen and oxygen atoms in total. The molecule has 0 bridgehead atoms. The number of carbonyl (C=O) groups is 1. The molecule has 4 aromatic rings. The molecule has 204 valence electrons. The van der Waals surface area contributed by atoms with Gasteiger partial charge in [0.05, 0.1) is 22.1 Å². The number of piperazine rings is 1. The number of nitrogens with two attached hydrogens (primary N) is 1. The summed E-state index contributed by atoms with van der Waals surface area (Å²) in [4.78, 5) is 31.2. The third kappa shape index (κ3) is 5.56. The first-order valence-corrected chi connectivity index (χ1v) is 14.6. The largest absolute Gasteiger partial charge is 0.384 e. The van der Waals surface area contributed by atoms with Crippen LogP contribution in [0.25, 0.3) is 0 Å². The van der Waals surface area contributed by atoms with Crippen LogP contribution in [0.15, 0.2) is 71.8 Å². The molecule has 4 N–H and O–H groups in total. The van der Waals surface area contributed by atoms with Crippen molar-refractivity contribution in [3.8, 4) is 0 Å². The number of fused-ring (bicyclic) bond motifs is 1. The van der Waals surface area contributed by atoms with Crippen molar-refractivity contribution in [2.75, 3.05) is 58.1 Å². The number of rotatable bonds is 6. The maximum absolute atomic E-state index is 12.7. The molecule has 1 fully saturated rings. The van der Waals surface area contributed by atoms with Gasteiger partial charge in [-0.1, -0.05) is 17.7 Å². The summed E-state index contributed by atoms with van der Waals surface area (Å²) in [6.45, 7) is 3.04. The maximum Gasteiger partial charge on any atom is 0.257 e. The van der Waals surface area contributed by atoms with Gasteiger partial charge in [0.1, 0.15) is 10.7 Å². The molecule has 2 aromatic heterocycles. The topological polar surface area (TPSA) is 129 Å². The van der Waals surface area contributed by atoms with Crippen LogP contribution >= 0.6 is 11.6 Å². The molecule has 1 amide bonds. The number of nitrogen functional groups attached to an aromatic ring is 1. The molecule has 1 atom stereocenters. The Morgan fingerprint density at radius 3 is 2.45 bits per heavy atom. The summed E-state index contributed by atoms with van der Waals surface area (Å²) in [6, 6.07) is 18.4. The normalized spacial score (nSPS) is 16.5. The van der Waals surface area contributed by atoms with Gasteiger partial charge < -0.3 is 26.2 Å². The van der Waals surface area contributed by atoms with E-state index in [1.165, 1.54) is 6.20 Å². The Labute approximate surface area is 239 Å². The minimum Gasteiger partial charge on any atom is -0.384 e. The SMILES string of the molecule is Nc1ccc(C(=O)Nc2ccc(N3CCN(c4nc5c(c(Nc6cccc(Cl)c6)n4)S(=O)CC5)CC3)cc2)cn1. The molecular formula is C28H27ClN8O2S. The maximum atomic E-state index is 12.7. The van der Waals surface area contributed by atoms with E-state index in [0.717, 1.165) is 43.2 Å². The summed E-state index contributed by atoms with van der Waals surface area (Å²) in [5, 5.41) is 6.82. The molecule has 2 aromatic carbocycles. The van der Waals surface area contributed by atoms with Gasteiger partial charge in [-0.05, 0) is 54.6 Å². The number of benzene rings is 2. The minimum atomic E-state index is -1.13. The van der Waals surface area contributed by atoms with E-state index in [1.54, 1.807) is 12.1 Å². The first kappa shape index (κ1) is 26.0. The highest BCUT2D eigenvalue weighted by atomic mass is 35.5. The standard InChI is InChI=1S/C28H27ClN8O2S/c29-19-2-1-3-21(16-19)32-26-25-23(10-15-40(25)39)34-28(35-26)37-13-11-36(12-14-37)22-7-5-20(6-8-22)33-27(38)18-4-9-24(30)31-17-18/h1-9,16-17H,10-15H2,(H2,30,31)(H,33,38)(H,32,34,35). The molecular weight excluding hydrogens is 548 g/mol. The van der Waals surface area contributed by atoms with Gasteiger partial charge in [0.25, 0.3) is 5.91 Å². The number of pyridine rings is 1. The number of nitrogens with one attached hydrogen (secondary N) is 2. The van der Waals surface area contributed by atoms with E-state index in [0.29, 0.717) is 50.9 Å². The van der Waals surface area contributed by atoms with E-state index in [2.05, 4.69) is 25.4 Å². The van der Waals surface area contributed by atoms with Crippen LogP contribution in [0.2, 0.25) is 5.02 Å². The van der Waals surface area contributed by atoms with Crippen LogP contribution in [-0.2, 0) is 17.2 Å². The average Bonchev–Trinajstić information content (AvgIpc) is 3.34. The third-order valence-electron chi connectivity index (χ3n) is 6.86. The lowest BCUT2D eigenvalue weighted by Gasteiger charge is -2.36. The van der Waals surface area contributed by atoms with Crippen molar-refractivity contribution >= 4 is 63.0 Å². The molecule has 1 unspecified atom stereocenters. The van der Waals surface area contributed by atoms with E-state index >= 15 is 0 Å². The molecule has 2 aliphatic rings. The average molecular weight is 575 g/mol. The van der Waals surface area contributed by atoms with Crippen molar-refractivity contribution in [3.05, 3.63) is 83.1 Å². The molecule has 40 heavy (non-hydrogen) atoms. The first-order valence-electron chi connectivity index (χ1n) is 12.9. The van der Waals surface area contributed by atoms with E-state index < -0.39 is 10.8 Å². The summed E-state index contributed by atoms with van der Waals surface area (Å²) in [6.07, 6.45) is 2.12. The smallest absolute Gasteiger partial charge is 0.257 e. The van der Waals surface area contributed by atoms with Crippen LogP contribution in [0.4, 0.5) is 34.6 Å². The Hall–Kier alpha value is -4.22. The monoisotopic (exact) mass is 574 g/mol. The zero-order chi connectivity index (χ0) is 27.6. The quantitative estimate of drug-likeness (QED) is 0.312. The highest BCUT2D eigenvalue weighted by Crippen LogP contribution is 2.32. The van der Waals surface area contributed by atoms with Gasteiger partial charge in [0.2, 0.25) is 5.95 Å². The number of carbonyl (C=O) groups excluding carboxylic acids is 1. The Kier molecular flexibility index (Phi) is 7.23. The summed E-state index contributed by atoms with van der Waals surface area (Å²) in [5.41, 5.74) is 9.44. The van der Waals surface area contributed by atoms with Gasteiger partial charge in [-0.15, -0.1) is 0 Å². The van der Waals surface area contributed by atoms with E-state index in [4.69, 9.17) is 27.3 Å². The Bertz CT molecular complexity index is 1570. The van der Waals surface area contributed by atoms with Crippen molar-refractivity contribution in [1.29, 1.82) is 0 Å². The Morgan fingerprint density at radius 2 is 1.73 bits per heavy atom. The lowest BCUT2D eigenvalue weighted by molar-refractivity contribution is 0.102. The second kappa shape index (κ2) is 11.1. The van der Waals surface area contributed by atoms with Gasteiger partial charge in [0, 0.05) is 66.6 Å². The molecule has 0 radical (unpaired) electrons. The fourth-order valence-corrected chi connectivity index (χ4v) is 6.27. The number of aryl methyl sites for hydroxylation is 1. The Balaban J connectivity index is 1.12. The van der Waals surface area contributed by atoms with Crippen LogP contribution < -0.4 is 26.2 Å². The zero-order valence-corrected chi connectivity index (χ0v) is 23.1. The van der Waals surface area contributed by atoms with Gasteiger partial charge in [0.15, 0.2) is 5.82 Å². The Morgan fingerprint density at radius 1 is 0.950 bits per heavy atom. The van der Waals surface area contributed by atoms with Crippen molar-refractivity contribution < 1.29 is 9.00 Å². The first-order chi connectivity index (χ1) is 19.4. The van der Waals surface area contributed by atoms with Crippen LogP contribution in [0, 0.1) is 0 Å². The van der Waals surface area contributed by atoms with Gasteiger partial charge in [-0.2, -0.15) is 4.98 Å². The predicted octanol–water partition coefficient (Wildman–Crippen LogP) is 4.09. The zero-order valence-electron chi connectivity index (χ0n) is 21.5. The number of nitrogens with zero attached hydrogens (tertiary/aromatic N) is 5. The number of halogens is 1. The molecule has 0 aliphatic carbocycles. The van der Waals surface area contributed by atoms with Crippen LogP contribution in [0.5, 0.6) is 0 Å². The summed E-state index contributed by atoms with van der Waals surface area (Å²) >= 11 is 6.16. The van der Waals surface area contributed by atoms with Crippen molar-refractivity contribution in [3.63, 3.8) is 0 Å². The van der Waals surface area contributed by atoms with E-state index in [-0.39, 0.29) is 5.91 Å². The van der Waals surface area contributed by atoms with Gasteiger partial charge in [-0.25, -0.2) is 9.97 Å². The molecule has 0 spiro atoms. The molecule has 0 saturated carbocycles. The van der Waals surface area contributed by atoms with Crippen molar-refractivity contribution in [2.45, 2.75) is 11.3 Å². The molecule has 2 aliphatic heterocycles. The van der Waals surface area contributed by atoms with Crippen LogP contribution in [-0.4, -0.2) is 57.0 Å². The second-order valence-corrected chi connectivity index (χ2v) is 11.5. The number of hydrogen-bond donors (Lipinski definition) is 3. The number of amides is 1. The molecule has 12 heteroatoms. The molecule has 4 heterocycles.